The molecule has 0 unspecified atom stereocenters. The maximum absolute atomic E-state index is 13.6. The van der Waals surface area contributed by atoms with Crippen molar-refractivity contribution in [1.29, 1.82) is 0 Å². The van der Waals surface area contributed by atoms with Gasteiger partial charge in [-0.3, -0.25) is 4.79 Å². The topological polar surface area (TPSA) is 29.1 Å². The average Bonchev–Trinajstić information content (AvgIpc) is 2.32. The van der Waals surface area contributed by atoms with E-state index in [1.54, 1.807) is 6.07 Å². The Morgan fingerprint density at radius 3 is 2.40 bits per heavy atom. The number of hydrogen-bond donors (Lipinski definition) is 1. The molecule has 0 aromatic heterocycles. The zero-order chi connectivity index (χ0) is 14.9. The summed E-state index contributed by atoms with van der Waals surface area (Å²) in [4.78, 5) is 12.0. The van der Waals surface area contributed by atoms with Crippen LogP contribution in [-0.4, -0.2) is 5.91 Å². The van der Waals surface area contributed by atoms with Crippen molar-refractivity contribution >= 4 is 55.1 Å². The molecule has 2 rings (SSSR count). The first-order chi connectivity index (χ1) is 9.36. The highest BCUT2D eigenvalue weighted by molar-refractivity contribution is 9.10. The molecular weight excluding hydrogens is 419 g/mol. The second kappa shape index (κ2) is 6.20. The number of rotatable bonds is 2. The quantitative estimate of drug-likeness (QED) is 0.686. The Labute approximate surface area is 135 Å². The van der Waals surface area contributed by atoms with E-state index in [2.05, 4.69) is 37.2 Å². The average molecular weight is 425 g/mol. The minimum Gasteiger partial charge on any atom is -0.319 e. The van der Waals surface area contributed by atoms with Crippen LogP contribution in [0.1, 0.15) is 10.4 Å². The monoisotopic (exact) mass is 423 g/mol. The number of carbonyl (C=O) groups is 1. The molecule has 1 N–H and O–H groups in total. The molecule has 0 spiro atoms. The Bertz CT molecular complexity index is 651. The Morgan fingerprint density at radius 2 is 1.80 bits per heavy atom. The van der Waals surface area contributed by atoms with E-state index in [-0.39, 0.29) is 15.7 Å². The second-order valence-corrected chi connectivity index (χ2v) is 6.06. The van der Waals surface area contributed by atoms with E-state index in [4.69, 9.17) is 11.6 Å². The van der Waals surface area contributed by atoms with Gasteiger partial charge in [0, 0.05) is 25.6 Å². The van der Waals surface area contributed by atoms with Gasteiger partial charge in [0.05, 0.1) is 5.69 Å². The molecule has 20 heavy (non-hydrogen) atoms. The first kappa shape index (κ1) is 15.4. The van der Waals surface area contributed by atoms with Crippen molar-refractivity contribution in [2.24, 2.45) is 0 Å². The Balaban J connectivity index is 2.32. The molecule has 0 aliphatic heterocycles. The third-order valence-corrected chi connectivity index (χ3v) is 3.67. The molecule has 0 heterocycles. The molecule has 7 heteroatoms. The van der Waals surface area contributed by atoms with E-state index < -0.39 is 17.5 Å². The molecule has 0 fully saturated rings. The zero-order valence-electron chi connectivity index (χ0n) is 9.68. The van der Waals surface area contributed by atoms with Gasteiger partial charge in [-0.15, -0.1) is 0 Å². The van der Waals surface area contributed by atoms with E-state index in [9.17, 15) is 13.6 Å². The fourth-order valence-corrected chi connectivity index (χ4v) is 2.90. The number of nitrogens with one attached hydrogen (secondary N) is 1. The zero-order valence-corrected chi connectivity index (χ0v) is 13.6. The SMILES string of the molecule is O=C(Nc1c(F)cc(F)cc1Br)c1cc(Cl)cc(Br)c1. The minimum atomic E-state index is -0.869. The second-order valence-electron chi connectivity index (χ2n) is 3.86. The number of carbonyl (C=O) groups excluding carboxylic acids is 1. The smallest absolute Gasteiger partial charge is 0.255 e. The first-order valence-corrected chi connectivity index (χ1v) is 7.25. The number of anilines is 1. The summed E-state index contributed by atoms with van der Waals surface area (Å²) < 4.78 is 27.3. The fraction of sp³-hybridized carbons (Fsp3) is 0. The molecule has 0 saturated heterocycles. The predicted octanol–water partition coefficient (Wildman–Crippen LogP) is 5.40. The van der Waals surface area contributed by atoms with Gasteiger partial charge in [-0.25, -0.2) is 8.78 Å². The van der Waals surface area contributed by atoms with Crippen LogP contribution in [0.2, 0.25) is 5.02 Å². The summed E-state index contributed by atoms with van der Waals surface area (Å²) in [6.07, 6.45) is 0. The van der Waals surface area contributed by atoms with Crippen molar-refractivity contribution < 1.29 is 13.6 Å². The number of amides is 1. The van der Waals surface area contributed by atoms with Crippen molar-refractivity contribution in [3.8, 4) is 0 Å². The van der Waals surface area contributed by atoms with Crippen molar-refractivity contribution in [2.45, 2.75) is 0 Å². The molecule has 0 saturated carbocycles. The van der Waals surface area contributed by atoms with Crippen LogP contribution in [-0.2, 0) is 0 Å². The van der Waals surface area contributed by atoms with Crippen LogP contribution in [0.4, 0.5) is 14.5 Å². The largest absolute Gasteiger partial charge is 0.319 e. The Kier molecular flexibility index (Phi) is 4.78. The van der Waals surface area contributed by atoms with Gasteiger partial charge in [-0.05, 0) is 40.2 Å². The van der Waals surface area contributed by atoms with Crippen LogP contribution in [0.3, 0.4) is 0 Å². The van der Waals surface area contributed by atoms with Gasteiger partial charge in [0.15, 0.2) is 5.82 Å². The molecule has 1 amide bonds. The number of halogens is 5. The fourth-order valence-electron chi connectivity index (χ4n) is 1.53. The van der Waals surface area contributed by atoms with Crippen molar-refractivity contribution in [3.05, 3.63) is 61.5 Å². The van der Waals surface area contributed by atoms with Gasteiger partial charge in [-0.1, -0.05) is 27.5 Å². The lowest BCUT2D eigenvalue weighted by Gasteiger charge is -2.09. The molecule has 2 aromatic carbocycles. The van der Waals surface area contributed by atoms with Crippen LogP contribution in [0.5, 0.6) is 0 Å². The van der Waals surface area contributed by atoms with Crippen LogP contribution in [0.15, 0.2) is 39.3 Å². The predicted molar refractivity (Wildman–Crippen MR) is 81.2 cm³/mol. The maximum Gasteiger partial charge on any atom is 0.255 e. The molecule has 2 nitrogen and oxygen atoms in total. The summed E-state index contributed by atoms with van der Waals surface area (Å²) in [6.45, 7) is 0. The van der Waals surface area contributed by atoms with Crippen LogP contribution in [0.25, 0.3) is 0 Å². The van der Waals surface area contributed by atoms with Gasteiger partial charge in [0.25, 0.3) is 5.91 Å². The lowest BCUT2D eigenvalue weighted by atomic mass is 10.2. The molecule has 104 valence electrons. The van der Waals surface area contributed by atoms with Crippen molar-refractivity contribution in [2.75, 3.05) is 5.32 Å². The minimum absolute atomic E-state index is 0.115. The van der Waals surface area contributed by atoms with Gasteiger partial charge in [0.1, 0.15) is 5.82 Å². The van der Waals surface area contributed by atoms with E-state index in [0.717, 1.165) is 6.07 Å². The summed E-state index contributed by atoms with van der Waals surface area (Å²) in [6, 6.07) is 6.35. The van der Waals surface area contributed by atoms with Crippen molar-refractivity contribution in [3.63, 3.8) is 0 Å². The normalized spacial score (nSPS) is 10.4. The maximum atomic E-state index is 13.6. The highest BCUT2D eigenvalue weighted by Gasteiger charge is 2.14. The molecule has 0 atom stereocenters. The van der Waals surface area contributed by atoms with E-state index in [1.165, 1.54) is 12.1 Å². The highest BCUT2D eigenvalue weighted by atomic mass is 79.9. The van der Waals surface area contributed by atoms with Gasteiger partial charge in [0.2, 0.25) is 0 Å². The lowest BCUT2D eigenvalue weighted by molar-refractivity contribution is 0.102. The molecule has 2 aromatic rings. The summed E-state index contributed by atoms with van der Waals surface area (Å²) >= 11 is 12.0. The summed E-state index contributed by atoms with van der Waals surface area (Å²) in [7, 11) is 0. The van der Waals surface area contributed by atoms with Crippen molar-refractivity contribution in [1.82, 2.24) is 0 Å². The molecule has 0 aliphatic carbocycles. The molecule has 0 aliphatic rings. The van der Waals surface area contributed by atoms with Crippen LogP contribution >= 0.6 is 43.5 Å². The van der Waals surface area contributed by atoms with Crippen LogP contribution in [0, 0.1) is 11.6 Å². The van der Waals surface area contributed by atoms with Crippen LogP contribution < -0.4 is 5.32 Å². The molecule has 0 bridgehead atoms. The molecule has 0 radical (unpaired) electrons. The third kappa shape index (κ3) is 3.56. The first-order valence-electron chi connectivity index (χ1n) is 5.29. The Morgan fingerprint density at radius 1 is 1.10 bits per heavy atom. The van der Waals surface area contributed by atoms with Gasteiger partial charge in [-0.2, -0.15) is 0 Å². The van der Waals surface area contributed by atoms with E-state index in [0.29, 0.717) is 15.6 Å². The number of benzene rings is 2. The standard InChI is InChI=1S/C13H6Br2ClF2NO/c14-7-1-6(2-8(16)3-7)13(20)19-12-10(15)4-9(17)5-11(12)18/h1-5H,(H,19,20). The molecular formula is C13H6Br2ClF2NO. The summed E-state index contributed by atoms with van der Waals surface area (Å²) in [5, 5.41) is 2.73. The third-order valence-electron chi connectivity index (χ3n) is 2.37. The van der Waals surface area contributed by atoms with Gasteiger partial charge >= 0.3 is 0 Å². The van der Waals surface area contributed by atoms with Gasteiger partial charge < -0.3 is 5.32 Å². The summed E-state index contributed by atoms with van der Waals surface area (Å²) in [5.41, 5.74) is 0.118. The Hall–Kier alpha value is -0.980. The lowest BCUT2D eigenvalue weighted by Crippen LogP contribution is -2.13. The number of hydrogen-bond acceptors (Lipinski definition) is 1. The van der Waals surface area contributed by atoms with E-state index in [1.807, 2.05) is 0 Å². The van der Waals surface area contributed by atoms with E-state index >= 15 is 0 Å². The summed E-state index contributed by atoms with van der Waals surface area (Å²) in [5.74, 6) is -2.16. The highest BCUT2D eigenvalue weighted by Crippen LogP contribution is 2.28.